The van der Waals surface area contributed by atoms with E-state index in [0.29, 0.717) is 28.4 Å². The molecule has 9 heteroatoms. The normalized spacial score (nSPS) is 11.1. The van der Waals surface area contributed by atoms with E-state index < -0.39 is 11.2 Å². The van der Waals surface area contributed by atoms with Crippen molar-refractivity contribution < 1.29 is 9.53 Å². The predicted molar refractivity (Wildman–Crippen MR) is 142 cm³/mol. The fourth-order valence-electron chi connectivity index (χ4n) is 4.25. The monoisotopic (exact) mass is 514 g/mol. The summed E-state index contributed by atoms with van der Waals surface area (Å²) >= 11 is 6.06. The second-order valence-corrected chi connectivity index (χ2v) is 8.92. The van der Waals surface area contributed by atoms with Crippen LogP contribution in [0.15, 0.2) is 94.8 Å². The molecule has 0 N–H and O–H groups in total. The lowest BCUT2D eigenvalue weighted by Gasteiger charge is -2.13. The highest BCUT2D eigenvalue weighted by atomic mass is 35.5. The Balaban J connectivity index is 1.63. The van der Waals surface area contributed by atoms with Gasteiger partial charge in [-0.15, -0.1) is 0 Å². The molecule has 37 heavy (non-hydrogen) atoms. The number of hydrogen-bond donors (Lipinski definition) is 0. The van der Waals surface area contributed by atoms with Gasteiger partial charge in [0.2, 0.25) is 0 Å². The lowest BCUT2D eigenvalue weighted by Crippen LogP contribution is -2.40. The topological polar surface area (TPSA) is 88.1 Å². The molecule has 186 valence electrons. The van der Waals surface area contributed by atoms with E-state index in [1.807, 2.05) is 30.3 Å². The van der Waals surface area contributed by atoms with E-state index in [1.54, 1.807) is 48.5 Å². The van der Waals surface area contributed by atoms with Gasteiger partial charge in [0.25, 0.3) is 5.56 Å². The number of Topliss-reactive ketones (excluding diaryl/α,β-unsaturated/α-hetero) is 1. The molecule has 0 radical (unpaired) electrons. The standard InChI is InChI=1S/C28H23ClN4O4/c1-37-23-9-5-8-20(16-23)24(34)17-31-18-30-26-25(31)27(35)32(15-14-19-6-3-2-4-7-19)28(36)33(26)22-12-10-21(29)11-13-22/h2-13,16,18H,14-15,17H2,1H3. The number of ketones is 1. The zero-order valence-electron chi connectivity index (χ0n) is 20.0. The van der Waals surface area contributed by atoms with Gasteiger partial charge in [-0.05, 0) is 48.4 Å². The number of carbonyl (C=O) groups is 1. The molecule has 8 nitrogen and oxygen atoms in total. The average Bonchev–Trinajstić information content (AvgIpc) is 3.33. The van der Waals surface area contributed by atoms with Gasteiger partial charge in [0.05, 0.1) is 25.7 Å². The summed E-state index contributed by atoms with van der Waals surface area (Å²) in [5, 5.41) is 0.514. The summed E-state index contributed by atoms with van der Waals surface area (Å²) in [7, 11) is 1.53. The summed E-state index contributed by atoms with van der Waals surface area (Å²) in [5.74, 6) is 0.332. The third-order valence-corrected chi connectivity index (χ3v) is 6.41. The Morgan fingerprint density at radius 2 is 1.73 bits per heavy atom. The molecule has 0 atom stereocenters. The van der Waals surface area contributed by atoms with Gasteiger partial charge in [-0.25, -0.2) is 14.3 Å². The third kappa shape index (κ3) is 4.83. The van der Waals surface area contributed by atoms with Crippen LogP contribution in [-0.2, 0) is 19.5 Å². The number of aromatic nitrogens is 4. The van der Waals surface area contributed by atoms with E-state index in [1.165, 1.54) is 27.1 Å². The van der Waals surface area contributed by atoms with Gasteiger partial charge in [0, 0.05) is 17.1 Å². The Morgan fingerprint density at radius 3 is 2.46 bits per heavy atom. The molecule has 0 saturated carbocycles. The zero-order chi connectivity index (χ0) is 25.9. The number of methoxy groups -OCH3 is 1. The maximum atomic E-state index is 13.6. The molecule has 2 aromatic heterocycles. The Kier molecular flexibility index (Phi) is 6.74. The molecule has 0 saturated heterocycles. The highest BCUT2D eigenvalue weighted by molar-refractivity contribution is 6.30. The van der Waals surface area contributed by atoms with E-state index in [9.17, 15) is 14.4 Å². The molecule has 0 bridgehead atoms. The van der Waals surface area contributed by atoms with Crippen molar-refractivity contribution in [3.63, 3.8) is 0 Å². The van der Waals surface area contributed by atoms with Crippen LogP contribution in [0.3, 0.4) is 0 Å². The Labute approximate surface area is 217 Å². The first-order valence-corrected chi connectivity index (χ1v) is 12.0. The van der Waals surface area contributed by atoms with Gasteiger partial charge in [0.1, 0.15) is 5.75 Å². The molecular weight excluding hydrogens is 492 g/mol. The molecule has 3 aromatic carbocycles. The van der Waals surface area contributed by atoms with Gasteiger partial charge >= 0.3 is 5.69 Å². The number of carbonyl (C=O) groups excluding carboxylic acids is 1. The van der Waals surface area contributed by atoms with Crippen molar-refractivity contribution in [3.05, 3.63) is 122 Å². The first kappa shape index (κ1) is 24.3. The lowest BCUT2D eigenvalue weighted by molar-refractivity contribution is 0.0973. The van der Waals surface area contributed by atoms with Crippen molar-refractivity contribution in [2.24, 2.45) is 0 Å². The minimum absolute atomic E-state index is 0.129. The van der Waals surface area contributed by atoms with Crippen molar-refractivity contribution in [1.82, 2.24) is 18.7 Å². The first-order chi connectivity index (χ1) is 18.0. The molecule has 5 rings (SSSR count). The molecule has 0 aliphatic heterocycles. The maximum absolute atomic E-state index is 13.6. The van der Waals surface area contributed by atoms with Crippen LogP contribution in [0.25, 0.3) is 16.9 Å². The Bertz CT molecular complexity index is 1700. The lowest BCUT2D eigenvalue weighted by atomic mass is 10.1. The fraction of sp³-hybridized carbons (Fsp3) is 0.143. The summed E-state index contributed by atoms with van der Waals surface area (Å²) in [6, 6.07) is 23.1. The SMILES string of the molecule is COc1cccc(C(=O)Cn2cnc3c2c(=O)n(CCc2ccccc2)c(=O)n3-c2ccc(Cl)cc2)c1. The van der Waals surface area contributed by atoms with E-state index in [2.05, 4.69) is 4.98 Å². The van der Waals surface area contributed by atoms with Crippen LogP contribution < -0.4 is 16.0 Å². The molecule has 5 aromatic rings. The molecular formula is C28H23ClN4O4. The summed E-state index contributed by atoms with van der Waals surface area (Å²) < 4.78 is 9.29. The van der Waals surface area contributed by atoms with Gasteiger partial charge in [-0.2, -0.15) is 0 Å². The minimum Gasteiger partial charge on any atom is -0.497 e. The molecule has 0 fully saturated rings. The first-order valence-electron chi connectivity index (χ1n) is 11.6. The quantitative estimate of drug-likeness (QED) is 0.290. The second kappa shape index (κ2) is 10.3. The minimum atomic E-state index is -0.514. The van der Waals surface area contributed by atoms with Gasteiger partial charge in [-0.3, -0.25) is 14.2 Å². The highest BCUT2D eigenvalue weighted by Crippen LogP contribution is 2.18. The molecule has 0 aliphatic carbocycles. The Hall–Kier alpha value is -4.43. The van der Waals surface area contributed by atoms with Crippen molar-refractivity contribution in [2.45, 2.75) is 19.5 Å². The van der Waals surface area contributed by atoms with E-state index in [4.69, 9.17) is 16.3 Å². The van der Waals surface area contributed by atoms with E-state index in [0.717, 1.165) is 5.56 Å². The van der Waals surface area contributed by atoms with Gasteiger partial charge in [-0.1, -0.05) is 54.1 Å². The summed E-state index contributed by atoms with van der Waals surface area (Å²) in [4.78, 5) is 44.7. The molecule has 0 spiro atoms. The van der Waals surface area contributed by atoms with E-state index >= 15 is 0 Å². The fourth-order valence-corrected chi connectivity index (χ4v) is 4.37. The van der Waals surface area contributed by atoms with E-state index in [-0.39, 0.29) is 30.0 Å². The maximum Gasteiger partial charge on any atom is 0.337 e. The molecule has 2 heterocycles. The van der Waals surface area contributed by atoms with Crippen LogP contribution in [-0.4, -0.2) is 31.6 Å². The zero-order valence-corrected chi connectivity index (χ0v) is 20.8. The van der Waals surface area contributed by atoms with Gasteiger partial charge < -0.3 is 9.30 Å². The third-order valence-electron chi connectivity index (χ3n) is 6.16. The number of halogens is 1. The van der Waals surface area contributed by atoms with Crippen molar-refractivity contribution >= 4 is 28.5 Å². The van der Waals surface area contributed by atoms with Crippen molar-refractivity contribution in [1.29, 1.82) is 0 Å². The number of ether oxygens (including phenoxy) is 1. The summed E-state index contributed by atoms with van der Waals surface area (Å²) in [5.41, 5.74) is 1.27. The largest absolute Gasteiger partial charge is 0.497 e. The summed E-state index contributed by atoms with van der Waals surface area (Å²) in [6.07, 6.45) is 1.90. The van der Waals surface area contributed by atoms with Crippen LogP contribution in [0.2, 0.25) is 5.02 Å². The van der Waals surface area contributed by atoms with Crippen LogP contribution in [0.1, 0.15) is 15.9 Å². The Morgan fingerprint density at radius 1 is 0.973 bits per heavy atom. The number of fused-ring (bicyclic) bond motifs is 1. The van der Waals surface area contributed by atoms with Crippen LogP contribution in [0.4, 0.5) is 0 Å². The second-order valence-electron chi connectivity index (χ2n) is 8.49. The number of hydrogen-bond acceptors (Lipinski definition) is 5. The van der Waals surface area contributed by atoms with Crippen molar-refractivity contribution in [2.75, 3.05) is 7.11 Å². The smallest absolute Gasteiger partial charge is 0.337 e. The van der Waals surface area contributed by atoms with Crippen LogP contribution >= 0.6 is 11.6 Å². The average molecular weight is 515 g/mol. The molecule has 0 amide bonds. The molecule has 0 unspecified atom stereocenters. The van der Waals surface area contributed by atoms with Crippen LogP contribution in [0, 0.1) is 0 Å². The molecule has 0 aliphatic rings. The number of benzene rings is 3. The van der Waals surface area contributed by atoms with Crippen molar-refractivity contribution in [3.8, 4) is 11.4 Å². The summed E-state index contributed by atoms with van der Waals surface area (Å²) in [6.45, 7) is 0.0383. The number of nitrogens with zero attached hydrogens (tertiary/aromatic N) is 4. The van der Waals surface area contributed by atoms with Crippen LogP contribution in [0.5, 0.6) is 5.75 Å². The number of aryl methyl sites for hydroxylation is 1. The van der Waals surface area contributed by atoms with Gasteiger partial charge in [0.15, 0.2) is 16.9 Å². The number of rotatable bonds is 8. The predicted octanol–water partition coefficient (Wildman–Crippen LogP) is 4.14. The number of imidazole rings is 1. The highest BCUT2D eigenvalue weighted by Gasteiger charge is 2.21.